The normalized spacial score (nSPS) is 10.8. The second-order valence-corrected chi connectivity index (χ2v) is 4.18. The van der Waals surface area contributed by atoms with Crippen molar-refractivity contribution < 1.29 is 4.74 Å². The van der Waals surface area contributed by atoms with Crippen LogP contribution in [0.15, 0.2) is 24.3 Å². The van der Waals surface area contributed by atoms with Crippen molar-refractivity contribution in [3.8, 4) is 5.75 Å². The molecule has 2 heteroatoms. The van der Waals surface area contributed by atoms with Gasteiger partial charge in [-0.05, 0) is 36.6 Å². The molecule has 0 aromatic heterocycles. The summed E-state index contributed by atoms with van der Waals surface area (Å²) in [5, 5.41) is 0. The van der Waals surface area contributed by atoms with Crippen molar-refractivity contribution >= 4 is 0 Å². The molecule has 1 aromatic carbocycles. The summed E-state index contributed by atoms with van der Waals surface area (Å²) in [6, 6.07) is 8.24. The maximum Gasteiger partial charge on any atom is 0.119 e. The van der Waals surface area contributed by atoms with Crippen molar-refractivity contribution in [1.82, 2.24) is 0 Å². The predicted molar refractivity (Wildman–Crippen MR) is 68.8 cm³/mol. The average molecular weight is 221 g/mol. The third-order valence-corrected chi connectivity index (χ3v) is 2.97. The highest BCUT2D eigenvalue weighted by atomic mass is 16.5. The van der Waals surface area contributed by atoms with Gasteiger partial charge < -0.3 is 10.5 Å². The van der Waals surface area contributed by atoms with Crippen LogP contribution in [0.5, 0.6) is 5.75 Å². The lowest BCUT2D eigenvalue weighted by Gasteiger charge is -2.14. The van der Waals surface area contributed by atoms with Gasteiger partial charge in [0.2, 0.25) is 0 Å². The molecule has 0 heterocycles. The van der Waals surface area contributed by atoms with Gasteiger partial charge in [-0.3, -0.25) is 0 Å². The van der Waals surface area contributed by atoms with Crippen LogP contribution in [0.4, 0.5) is 0 Å². The minimum atomic E-state index is 0.665. The maximum atomic E-state index is 5.80. The molecule has 0 aliphatic rings. The number of nitrogens with two attached hydrogens (primary N) is 1. The van der Waals surface area contributed by atoms with E-state index in [1.807, 2.05) is 12.1 Å². The zero-order valence-corrected chi connectivity index (χ0v) is 10.4. The van der Waals surface area contributed by atoms with E-state index in [0.717, 1.165) is 18.8 Å². The van der Waals surface area contributed by atoms with E-state index >= 15 is 0 Å². The quantitative estimate of drug-likeness (QED) is 0.768. The molecule has 2 nitrogen and oxygen atoms in total. The topological polar surface area (TPSA) is 35.2 Å². The van der Waals surface area contributed by atoms with Gasteiger partial charge in [-0.2, -0.15) is 0 Å². The largest absolute Gasteiger partial charge is 0.493 e. The van der Waals surface area contributed by atoms with E-state index in [1.165, 1.54) is 18.4 Å². The van der Waals surface area contributed by atoms with E-state index in [0.29, 0.717) is 12.5 Å². The summed E-state index contributed by atoms with van der Waals surface area (Å²) in [5.74, 6) is 1.64. The molecule has 0 aliphatic carbocycles. The lowest BCUT2D eigenvalue weighted by atomic mass is 10.1. The van der Waals surface area contributed by atoms with Crippen LogP contribution in [0.25, 0.3) is 0 Å². The van der Waals surface area contributed by atoms with Crippen molar-refractivity contribution in [1.29, 1.82) is 0 Å². The van der Waals surface area contributed by atoms with E-state index < -0.39 is 0 Å². The van der Waals surface area contributed by atoms with Gasteiger partial charge in [0.25, 0.3) is 0 Å². The molecule has 0 amide bonds. The summed E-state index contributed by atoms with van der Waals surface area (Å²) in [5.41, 5.74) is 6.79. The van der Waals surface area contributed by atoms with Crippen molar-refractivity contribution in [2.45, 2.75) is 33.1 Å². The summed E-state index contributed by atoms with van der Waals surface area (Å²) in [7, 11) is 0. The van der Waals surface area contributed by atoms with Crippen LogP contribution in [-0.4, -0.2) is 13.2 Å². The molecule has 0 saturated carbocycles. The van der Waals surface area contributed by atoms with Crippen molar-refractivity contribution in [2.75, 3.05) is 13.2 Å². The van der Waals surface area contributed by atoms with Gasteiger partial charge in [0.15, 0.2) is 0 Å². The molecule has 0 radical (unpaired) electrons. The molecule has 16 heavy (non-hydrogen) atoms. The van der Waals surface area contributed by atoms with Gasteiger partial charge in [-0.1, -0.05) is 38.8 Å². The summed E-state index contributed by atoms with van der Waals surface area (Å²) in [4.78, 5) is 0. The van der Waals surface area contributed by atoms with Gasteiger partial charge in [0.05, 0.1) is 6.61 Å². The molecule has 1 rings (SSSR count). The highest BCUT2D eigenvalue weighted by Crippen LogP contribution is 2.16. The van der Waals surface area contributed by atoms with Gasteiger partial charge in [0, 0.05) is 0 Å². The zero-order chi connectivity index (χ0) is 11.8. The predicted octanol–water partition coefficient (Wildman–Crippen LogP) is 3.00. The number of ether oxygens (including phenoxy) is 1. The highest BCUT2D eigenvalue weighted by Gasteiger charge is 2.04. The number of hydrogen-bond acceptors (Lipinski definition) is 2. The molecule has 0 aliphatic heterocycles. The molecule has 1 aromatic rings. The lowest BCUT2D eigenvalue weighted by Crippen LogP contribution is -2.10. The Hall–Kier alpha value is -1.02. The summed E-state index contributed by atoms with van der Waals surface area (Å²) >= 11 is 0. The molecule has 2 N–H and O–H groups in total. The van der Waals surface area contributed by atoms with Gasteiger partial charge in [-0.25, -0.2) is 0 Å². The minimum Gasteiger partial charge on any atom is -0.493 e. The first kappa shape index (κ1) is 13.0. The fourth-order valence-corrected chi connectivity index (χ4v) is 1.70. The van der Waals surface area contributed by atoms with Crippen LogP contribution in [0.3, 0.4) is 0 Å². The van der Waals surface area contributed by atoms with Crippen molar-refractivity contribution in [3.63, 3.8) is 0 Å². The van der Waals surface area contributed by atoms with Crippen LogP contribution in [0.1, 0.15) is 32.3 Å². The van der Waals surface area contributed by atoms with Crippen molar-refractivity contribution in [3.05, 3.63) is 29.8 Å². The zero-order valence-electron chi connectivity index (χ0n) is 10.4. The average Bonchev–Trinajstić information content (AvgIpc) is 2.31. The standard InChI is InChI=1S/C14H23NO/c1-3-12(4-2)11-16-14-7-5-6-13(10-14)8-9-15/h5-7,10,12H,3-4,8-9,11,15H2,1-2H3. The van der Waals surface area contributed by atoms with Crippen LogP contribution >= 0.6 is 0 Å². The molecule has 0 fully saturated rings. The van der Waals surface area contributed by atoms with E-state index in [1.54, 1.807) is 0 Å². The monoisotopic (exact) mass is 221 g/mol. The highest BCUT2D eigenvalue weighted by molar-refractivity contribution is 5.28. The first-order chi connectivity index (χ1) is 7.80. The summed E-state index contributed by atoms with van der Waals surface area (Å²) < 4.78 is 5.80. The van der Waals surface area contributed by atoms with Crippen LogP contribution < -0.4 is 10.5 Å². The van der Waals surface area contributed by atoms with E-state index in [4.69, 9.17) is 10.5 Å². The molecule has 0 saturated heterocycles. The first-order valence-corrected chi connectivity index (χ1v) is 6.21. The molecule has 0 unspecified atom stereocenters. The van der Waals surface area contributed by atoms with Crippen LogP contribution in [-0.2, 0) is 6.42 Å². The first-order valence-electron chi connectivity index (χ1n) is 6.21. The van der Waals surface area contributed by atoms with E-state index in [-0.39, 0.29) is 0 Å². The Bertz CT molecular complexity index is 295. The second kappa shape index (κ2) is 7.29. The number of hydrogen-bond donors (Lipinski definition) is 1. The van der Waals surface area contributed by atoms with Crippen LogP contribution in [0, 0.1) is 5.92 Å². The fourth-order valence-electron chi connectivity index (χ4n) is 1.70. The Morgan fingerprint density at radius 1 is 1.25 bits per heavy atom. The van der Waals surface area contributed by atoms with Gasteiger partial charge >= 0.3 is 0 Å². The third-order valence-electron chi connectivity index (χ3n) is 2.97. The molecular weight excluding hydrogens is 198 g/mol. The lowest BCUT2D eigenvalue weighted by molar-refractivity contribution is 0.240. The van der Waals surface area contributed by atoms with Crippen LogP contribution in [0.2, 0.25) is 0 Å². The fraction of sp³-hybridized carbons (Fsp3) is 0.571. The molecule has 0 spiro atoms. The molecule has 0 bridgehead atoms. The number of rotatable bonds is 7. The smallest absolute Gasteiger partial charge is 0.119 e. The Morgan fingerprint density at radius 2 is 2.00 bits per heavy atom. The second-order valence-electron chi connectivity index (χ2n) is 4.18. The third kappa shape index (κ3) is 4.23. The van der Waals surface area contributed by atoms with E-state index in [2.05, 4.69) is 26.0 Å². The minimum absolute atomic E-state index is 0.665. The Kier molecular flexibility index (Phi) is 5.94. The Balaban J connectivity index is 2.49. The molecular formula is C14H23NO. The maximum absolute atomic E-state index is 5.80. The van der Waals surface area contributed by atoms with Gasteiger partial charge in [-0.15, -0.1) is 0 Å². The molecule has 0 atom stereocenters. The number of benzene rings is 1. The van der Waals surface area contributed by atoms with Gasteiger partial charge in [0.1, 0.15) is 5.75 Å². The Morgan fingerprint density at radius 3 is 2.62 bits per heavy atom. The summed E-state index contributed by atoms with van der Waals surface area (Å²) in [6.45, 7) is 5.93. The van der Waals surface area contributed by atoms with Crippen molar-refractivity contribution in [2.24, 2.45) is 11.7 Å². The summed E-state index contributed by atoms with van der Waals surface area (Å²) in [6.07, 6.45) is 3.28. The molecule has 90 valence electrons. The SMILES string of the molecule is CCC(CC)COc1cccc(CCN)c1. The Labute approximate surface area is 98.8 Å². The van der Waals surface area contributed by atoms with E-state index in [9.17, 15) is 0 Å².